The summed E-state index contributed by atoms with van der Waals surface area (Å²) in [6.45, 7) is -0.487. The number of rotatable bonds is 14. The Labute approximate surface area is 413 Å². The molecule has 3 aromatic heterocycles. The number of benzene rings is 2. The van der Waals surface area contributed by atoms with Gasteiger partial charge < -0.3 is 20.4 Å². The van der Waals surface area contributed by atoms with Crippen LogP contribution in [-0.2, 0) is 60.8 Å². The van der Waals surface area contributed by atoms with Crippen LogP contribution in [-0.4, -0.2) is 99.2 Å². The van der Waals surface area contributed by atoms with Crippen LogP contribution in [0.2, 0.25) is 0 Å². The highest BCUT2D eigenvalue weighted by molar-refractivity contribution is 7.93. The van der Waals surface area contributed by atoms with Gasteiger partial charge in [-0.05, 0) is 68.5 Å². The fourth-order valence-electron chi connectivity index (χ4n) is 8.17. The summed E-state index contributed by atoms with van der Waals surface area (Å²) in [5.74, 6) is -2.74. The van der Waals surface area contributed by atoms with Gasteiger partial charge in [-0.2, -0.15) is 49.6 Å². The first-order chi connectivity index (χ1) is 33.9. The van der Waals surface area contributed by atoms with Crippen molar-refractivity contribution in [3.63, 3.8) is 0 Å². The second-order valence-corrected chi connectivity index (χ2v) is 24.0. The van der Waals surface area contributed by atoms with E-state index >= 15 is 8.78 Å². The highest BCUT2D eigenvalue weighted by atomic mass is 32.2. The van der Waals surface area contributed by atoms with Gasteiger partial charge in [0.15, 0.2) is 21.3 Å². The predicted octanol–water partition coefficient (Wildman–Crippen LogP) is 6.21. The van der Waals surface area contributed by atoms with Gasteiger partial charge in [-0.15, -0.1) is 0 Å². The fraction of sp³-hybridized carbons (Fsp3) is 0.386. The Morgan fingerprint density at radius 3 is 2.14 bits per heavy atom. The smallest absolute Gasteiger partial charge is 0.346 e. The van der Waals surface area contributed by atoms with Crippen LogP contribution in [0.5, 0.6) is 0 Å². The zero-order chi connectivity index (χ0) is 55.1. The molecule has 0 saturated carbocycles. The van der Waals surface area contributed by atoms with Gasteiger partial charge in [-0.3, -0.25) is 18.7 Å². The molecule has 0 radical (unpaired) electrons. The van der Waals surface area contributed by atoms with E-state index in [1.54, 1.807) is 0 Å². The maximum atomic E-state index is 15.7. The second-order valence-electron chi connectivity index (χ2n) is 17.8. The molecule has 2 aromatic carbocycles. The molecule has 2 aliphatic carbocycles. The molecule has 3 atom stereocenters. The first-order valence-electron chi connectivity index (χ1n) is 21.3. The number of urea groups is 1. The van der Waals surface area contributed by atoms with E-state index in [9.17, 15) is 75.9 Å². The number of aryl methyl sites for hydroxylation is 1. The number of carbonyl (C=O) groups excluding carboxylic acids is 2. The SMILES string of the molecule is Cc1ccc(-c2ccc(C#CC(C)(C)S(C)(=O)=O)nc2[C@H](Cc2cc(F)cc(F)c2)NC(=O)Cn2nc(C(F)(F)F)c3c2C(F)(F)[C@@H]2C#C[C@H]32)c2c1c(N(C(=O)NCCP(=O)(O)O)S(C)(=O)=O)nn2CC(F)(F)F. The van der Waals surface area contributed by atoms with Crippen LogP contribution < -0.4 is 14.9 Å². The van der Waals surface area contributed by atoms with Gasteiger partial charge in [0.25, 0.3) is 0 Å². The Bertz CT molecular complexity index is 3550. The maximum Gasteiger partial charge on any atom is 0.435 e. The lowest BCUT2D eigenvalue weighted by Crippen LogP contribution is -2.44. The lowest BCUT2D eigenvalue weighted by atomic mass is 9.84. The van der Waals surface area contributed by atoms with E-state index in [4.69, 9.17) is 0 Å². The van der Waals surface area contributed by atoms with Gasteiger partial charge >= 0.3 is 31.9 Å². The van der Waals surface area contributed by atoms with Crippen molar-refractivity contribution in [3.8, 4) is 34.8 Å². The number of alkyl halides is 8. The summed E-state index contributed by atoms with van der Waals surface area (Å²) in [6, 6.07) is 3.24. The average Bonchev–Trinajstić information content (AvgIpc) is 3.80. The molecule has 2 aliphatic rings. The monoisotopic (exact) mass is 1110 g/mol. The summed E-state index contributed by atoms with van der Waals surface area (Å²) in [6.07, 6.45) is -10.9. The zero-order valence-electron chi connectivity index (χ0n) is 38.8. The highest BCUT2D eigenvalue weighted by Crippen LogP contribution is 2.58. The Kier molecular flexibility index (Phi) is 14.2. The van der Waals surface area contributed by atoms with Gasteiger partial charge in [0.2, 0.25) is 15.9 Å². The van der Waals surface area contributed by atoms with E-state index < -0.39 is 164 Å². The molecular formula is C44H39F10N8O9PS2. The van der Waals surface area contributed by atoms with Crippen molar-refractivity contribution in [2.45, 2.75) is 75.3 Å². The molecule has 0 fully saturated rings. The number of anilines is 1. The van der Waals surface area contributed by atoms with Crippen molar-refractivity contribution in [3.05, 3.63) is 93.6 Å². The molecule has 7 rings (SSSR count). The van der Waals surface area contributed by atoms with E-state index in [-0.39, 0.29) is 41.6 Å². The number of sulfonamides is 1. The molecule has 30 heteroatoms. The number of aromatic nitrogens is 5. The number of pyridine rings is 1. The molecule has 0 spiro atoms. The molecule has 74 heavy (non-hydrogen) atoms. The minimum atomic E-state index is -5.31. The van der Waals surface area contributed by atoms with Crippen LogP contribution >= 0.6 is 7.60 Å². The molecule has 17 nitrogen and oxygen atoms in total. The minimum absolute atomic E-state index is 0.0375. The summed E-state index contributed by atoms with van der Waals surface area (Å²) < 4.78 is 210. The average molecular weight is 1110 g/mol. The molecule has 3 amide bonds. The molecule has 4 N–H and O–H groups in total. The topological polar surface area (TPSA) is 236 Å². The van der Waals surface area contributed by atoms with Crippen molar-refractivity contribution in [1.29, 1.82) is 0 Å². The number of carbonyl (C=O) groups is 2. The number of amides is 3. The first-order valence-corrected chi connectivity index (χ1v) is 26.9. The Hall–Kier alpha value is -6.52. The van der Waals surface area contributed by atoms with E-state index in [2.05, 4.69) is 44.2 Å². The van der Waals surface area contributed by atoms with Crippen LogP contribution in [0.15, 0.2) is 42.5 Å². The third-order valence-electron chi connectivity index (χ3n) is 11.8. The molecule has 396 valence electrons. The zero-order valence-corrected chi connectivity index (χ0v) is 41.3. The molecule has 5 aromatic rings. The van der Waals surface area contributed by atoms with Crippen LogP contribution in [0.4, 0.5) is 54.5 Å². The van der Waals surface area contributed by atoms with Crippen molar-refractivity contribution in [2.24, 2.45) is 5.92 Å². The maximum absolute atomic E-state index is 15.7. The van der Waals surface area contributed by atoms with Gasteiger partial charge in [-0.1, -0.05) is 29.9 Å². The second kappa shape index (κ2) is 19.0. The third kappa shape index (κ3) is 11.3. The largest absolute Gasteiger partial charge is 0.435 e. The van der Waals surface area contributed by atoms with Crippen LogP contribution in [0, 0.1) is 48.2 Å². The summed E-state index contributed by atoms with van der Waals surface area (Å²) >= 11 is 0. The predicted molar refractivity (Wildman–Crippen MR) is 243 cm³/mol. The fourth-order valence-corrected chi connectivity index (χ4v) is 9.62. The molecule has 0 aliphatic heterocycles. The summed E-state index contributed by atoms with van der Waals surface area (Å²) in [5.41, 5.74) is -6.40. The lowest BCUT2D eigenvalue weighted by Gasteiger charge is -2.24. The van der Waals surface area contributed by atoms with Gasteiger partial charge in [0, 0.05) is 40.9 Å². The number of nitrogens with one attached hydrogen (secondary N) is 2. The number of nitrogens with zero attached hydrogens (tertiary/aromatic N) is 6. The van der Waals surface area contributed by atoms with Crippen molar-refractivity contribution in [1.82, 2.24) is 35.2 Å². The quantitative estimate of drug-likeness (QED) is 0.0552. The first kappa shape index (κ1) is 55.2. The summed E-state index contributed by atoms with van der Waals surface area (Å²) in [4.78, 5) is 50.9. The molecule has 0 saturated heterocycles. The lowest BCUT2D eigenvalue weighted by molar-refractivity contribution is -0.143. The number of hydrogen-bond acceptors (Lipinski definition) is 10. The van der Waals surface area contributed by atoms with Gasteiger partial charge in [0.1, 0.15) is 46.8 Å². The van der Waals surface area contributed by atoms with Gasteiger partial charge in [0.05, 0.1) is 35.6 Å². The molecule has 0 bridgehead atoms. The summed E-state index contributed by atoms with van der Waals surface area (Å²) in [7, 11) is -13.6. The number of fused-ring (bicyclic) bond motifs is 4. The van der Waals surface area contributed by atoms with E-state index in [0.717, 1.165) is 30.5 Å². The van der Waals surface area contributed by atoms with Crippen molar-refractivity contribution >= 4 is 56.1 Å². The van der Waals surface area contributed by atoms with Crippen molar-refractivity contribution < 1.29 is 84.7 Å². The molecule has 0 unspecified atom stereocenters. The minimum Gasteiger partial charge on any atom is -0.346 e. The van der Waals surface area contributed by atoms with Crippen LogP contribution in [0.25, 0.3) is 22.0 Å². The molecular weight excluding hydrogens is 1070 g/mol. The number of hydrogen-bond donors (Lipinski definition) is 4. The van der Waals surface area contributed by atoms with Gasteiger partial charge in [-0.25, -0.2) is 35.4 Å². The third-order valence-corrected chi connectivity index (χ3v) is 15.5. The summed E-state index contributed by atoms with van der Waals surface area (Å²) in [5, 5.41) is 11.2. The van der Waals surface area contributed by atoms with Crippen molar-refractivity contribution in [2.75, 3.05) is 29.5 Å². The standard InChI is InChI=1S/C44H39F10N8O9PS2/c1-22-6-8-28(36-33(22)39(59-61(36)21-42(47,48)49)62(74(5,70)71)40(64)55-14-15-72(65,66)67)27-9-7-26(12-13-41(2,3)73(4,68)69)56-35(27)31(18-23-16-24(45)19-25(46)17-23)57-32(63)20-60-38-34(37(58-60)44(52,53)54)29-10-11-30(29)43(38,50)51/h6-9,16-17,19,29-31H,14-15,18,20-21H2,1-5H3,(H,55,64)(H,57,63)(H2,65,66,67)/t29-,30+,31-/m0/s1. The van der Waals surface area contributed by atoms with Crippen LogP contribution in [0.3, 0.4) is 0 Å². The molecule has 3 heterocycles. The number of halogens is 10. The van der Waals surface area contributed by atoms with E-state index in [1.807, 2.05) is 5.32 Å². The Morgan fingerprint density at radius 2 is 1.58 bits per heavy atom. The van der Waals surface area contributed by atoms with E-state index in [0.29, 0.717) is 12.3 Å². The van der Waals surface area contributed by atoms with E-state index in [1.165, 1.54) is 32.9 Å². The Morgan fingerprint density at radius 1 is 0.946 bits per heavy atom. The Balaban J connectivity index is 1.48. The normalized spacial score (nSPS) is 16.8. The number of sulfone groups is 1. The highest BCUT2D eigenvalue weighted by Gasteiger charge is 2.62. The van der Waals surface area contributed by atoms with Crippen LogP contribution in [0.1, 0.15) is 65.3 Å².